The summed E-state index contributed by atoms with van der Waals surface area (Å²) in [7, 11) is -3.15. The summed E-state index contributed by atoms with van der Waals surface area (Å²) < 4.78 is 24.7. The van der Waals surface area contributed by atoms with E-state index >= 15 is 0 Å². The van der Waals surface area contributed by atoms with E-state index in [0.717, 1.165) is 0 Å². The SMILES string of the molecule is CC(C)c1nn(C2(C)CCS(=O)(=O)C2)c(N)c1[N+](=O)[O-]. The van der Waals surface area contributed by atoms with Crippen molar-refractivity contribution in [3.05, 3.63) is 15.8 Å². The van der Waals surface area contributed by atoms with Crippen LogP contribution in [-0.4, -0.2) is 34.6 Å². The van der Waals surface area contributed by atoms with E-state index in [4.69, 9.17) is 5.73 Å². The minimum Gasteiger partial charge on any atom is -0.378 e. The average molecular weight is 302 g/mol. The van der Waals surface area contributed by atoms with Crippen molar-refractivity contribution in [1.29, 1.82) is 0 Å². The number of sulfone groups is 1. The highest BCUT2D eigenvalue weighted by Gasteiger charge is 2.44. The van der Waals surface area contributed by atoms with Gasteiger partial charge < -0.3 is 5.73 Å². The molecule has 1 unspecified atom stereocenters. The molecule has 112 valence electrons. The van der Waals surface area contributed by atoms with Gasteiger partial charge in [0.1, 0.15) is 5.69 Å². The second kappa shape index (κ2) is 4.44. The van der Waals surface area contributed by atoms with E-state index in [9.17, 15) is 18.5 Å². The van der Waals surface area contributed by atoms with Crippen molar-refractivity contribution in [2.75, 3.05) is 17.2 Å². The monoisotopic (exact) mass is 302 g/mol. The fraction of sp³-hybridized carbons (Fsp3) is 0.727. The molecule has 2 N–H and O–H groups in total. The van der Waals surface area contributed by atoms with Crippen LogP contribution in [0.15, 0.2) is 0 Å². The lowest BCUT2D eigenvalue weighted by atomic mass is 10.0. The first-order chi connectivity index (χ1) is 9.07. The lowest BCUT2D eigenvalue weighted by Gasteiger charge is -2.23. The third-order valence-electron chi connectivity index (χ3n) is 3.64. The van der Waals surface area contributed by atoms with Gasteiger partial charge in [0, 0.05) is 5.92 Å². The second-order valence-electron chi connectivity index (χ2n) is 5.78. The van der Waals surface area contributed by atoms with E-state index < -0.39 is 20.3 Å². The number of aromatic nitrogens is 2. The second-order valence-corrected chi connectivity index (χ2v) is 7.97. The Balaban J connectivity index is 2.60. The Bertz CT molecular complexity index is 664. The molecule has 2 heterocycles. The Morgan fingerprint density at radius 3 is 2.45 bits per heavy atom. The van der Waals surface area contributed by atoms with Crippen molar-refractivity contribution in [1.82, 2.24) is 9.78 Å². The molecule has 0 bridgehead atoms. The van der Waals surface area contributed by atoms with Gasteiger partial charge >= 0.3 is 5.69 Å². The van der Waals surface area contributed by atoms with Crippen LogP contribution < -0.4 is 5.73 Å². The molecule has 8 nitrogen and oxygen atoms in total. The average Bonchev–Trinajstić information content (AvgIpc) is 2.77. The first kappa shape index (κ1) is 14.8. The van der Waals surface area contributed by atoms with Crippen LogP contribution in [0.25, 0.3) is 0 Å². The molecule has 0 spiro atoms. The highest BCUT2D eigenvalue weighted by molar-refractivity contribution is 7.91. The van der Waals surface area contributed by atoms with Gasteiger partial charge in [0.25, 0.3) is 0 Å². The van der Waals surface area contributed by atoms with E-state index in [0.29, 0.717) is 6.42 Å². The highest BCUT2D eigenvalue weighted by atomic mass is 32.2. The summed E-state index contributed by atoms with van der Waals surface area (Å²) in [6, 6.07) is 0. The fourth-order valence-corrected chi connectivity index (χ4v) is 4.70. The Morgan fingerprint density at radius 2 is 2.10 bits per heavy atom. The molecule has 0 saturated carbocycles. The predicted octanol–water partition coefficient (Wildman–Crippen LogP) is 1.03. The molecule has 0 amide bonds. The van der Waals surface area contributed by atoms with Crippen LogP contribution in [-0.2, 0) is 15.4 Å². The predicted molar refractivity (Wildman–Crippen MR) is 74.3 cm³/mol. The molecule has 20 heavy (non-hydrogen) atoms. The first-order valence-electron chi connectivity index (χ1n) is 6.31. The highest BCUT2D eigenvalue weighted by Crippen LogP contribution is 2.38. The Labute approximate surface area is 117 Å². The molecule has 0 radical (unpaired) electrons. The van der Waals surface area contributed by atoms with Crippen molar-refractivity contribution in [2.45, 2.75) is 38.6 Å². The lowest BCUT2D eigenvalue weighted by molar-refractivity contribution is -0.384. The third kappa shape index (κ3) is 2.26. The van der Waals surface area contributed by atoms with Gasteiger partial charge in [-0.25, -0.2) is 13.1 Å². The van der Waals surface area contributed by atoms with Gasteiger partial charge in [-0.1, -0.05) is 13.8 Å². The van der Waals surface area contributed by atoms with Gasteiger partial charge in [-0.2, -0.15) is 5.10 Å². The Morgan fingerprint density at radius 1 is 1.50 bits per heavy atom. The molecule has 2 rings (SSSR count). The molecule has 1 aliphatic rings. The quantitative estimate of drug-likeness (QED) is 0.657. The van der Waals surface area contributed by atoms with Crippen LogP contribution >= 0.6 is 0 Å². The van der Waals surface area contributed by atoms with Crippen LogP contribution in [0.3, 0.4) is 0 Å². The number of nitro groups is 1. The molecule has 1 aliphatic heterocycles. The zero-order valence-corrected chi connectivity index (χ0v) is 12.5. The van der Waals surface area contributed by atoms with Crippen molar-refractivity contribution in [2.24, 2.45) is 0 Å². The molecule has 0 aromatic carbocycles. The molecule has 1 fully saturated rings. The maximum atomic E-state index is 11.7. The summed E-state index contributed by atoms with van der Waals surface area (Å²) in [6.07, 6.45) is 0.357. The van der Waals surface area contributed by atoms with Crippen molar-refractivity contribution < 1.29 is 13.3 Å². The van der Waals surface area contributed by atoms with Gasteiger partial charge in [-0.15, -0.1) is 0 Å². The maximum Gasteiger partial charge on any atom is 0.334 e. The third-order valence-corrected chi connectivity index (χ3v) is 5.53. The summed E-state index contributed by atoms with van der Waals surface area (Å²) in [4.78, 5) is 10.6. The van der Waals surface area contributed by atoms with Gasteiger partial charge in [-0.3, -0.25) is 10.1 Å². The van der Waals surface area contributed by atoms with Crippen LogP contribution in [0, 0.1) is 10.1 Å². The number of hydrogen-bond donors (Lipinski definition) is 1. The summed E-state index contributed by atoms with van der Waals surface area (Å²) in [5.41, 5.74) is 5.11. The van der Waals surface area contributed by atoms with E-state index in [1.54, 1.807) is 20.8 Å². The molecule has 1 aromatic heterocycles. The molecule has 1 aromatic rings. The minimum atomic E-state index is -3.15. The minimum absolute atomic E-state index is 0.0492. The zero-order chi connectivity index (χ0) is 15.3. The molecule has 1 atom stereocenters. The zero-order valence-electron chi connectivity index (χ0n) is 11.7. The summed E-state index contributed by atoms with van der Waals surface area (Å²) in [6.45, 7) is 5.29. The molecular formula is C11H18N4O4S. The summed E-state index contributed by atoms with van der Waals surface area (Å²) in [5, 5.41) is 15.4. The number of hydrogen-bond acceptors (Lipinski definition) is 6. The van der Waals surface area contributed by atoms with Crippen LogP contribution in [0.1, 0.15) is 38.8 Å². The van der Waals surface area contributed by atoms with Gasteiger partial charge in [0.2, 0.25) is 5.82 Å². The Hall–Kier alpha value is -1.64. The van der Waals surface area contributed by atoms with Gasteiger partial charge in [-0.05, 0) is 13.3 Å². The molecular weight excluding hydrogens is 284 g/mol. The van der Waals surface area contributed by atoms with Crippen molar-refractivity contribution >= 4 is 21.3 Å². The Kier molecular flexibility index (Phi) is 3.28. The van der Waals surface area contributed by atoms with E-state index in [1.165, 1.54) is 4.68 Å². The molecule has 1 saturated heterocycles. The topological polar surface area (TPSA) is 121 Å². The van der Waals surface area contributed by atoms with E-state index in [2.05, 4.69) is 5.10 Å². The summed E-state index contributed by atoms with van der Waals surface area (Å²) >= 11 is 0. The summed E-state index contributed by atoms with van der Waals surface area (Å²) in [5.74, 6) is -0.285. The van der Waals surface area contributed by atoms with Crippen LogP contribution in [0.2, 0.25) is 0 Å². The van der Waals surface area contributed by atoms with E-state index in [-0.39, 0.29) is 34.6 Å². The van der Waals surface area contributed by atoms with Gasteiger partial charge in [0.05, 0.1) is 22.0 Å². The number of nitrogen functional groups attached to an aromatic ring is 1. The van der Waals surface area contributed by atoms with Crippen LogP contribution in [0.4, 0.5) is 11.5 Å². The fourth-order valence-electron chi connectivity index (χ4n) is 2.59. The smallest absolute Gasteiger partial charge is 0.334 e. The normalized spacial score (nSPS) is 25.2. The molecule has 9 heteroatoms. The largest absolute Gasteiger partial charge is 0.378 e. The van der Waals surface area contributed by atoms with Crippen molar-refractivity contribution in [3.8, 4) is 0 Å². The number of rotatable bonds is 3. The number of anilines is 1. The maximum absolute atomic E-state index is 11.7. The van der Waals surface area contributed by atoms with Crippen LogP contribution in [0.5, 0.6) is 0 Å². The van der Waals surface area contributed by atoms with Gasteiger partial charge in [0.15, 0.2) is 9.84 Å². The first-order valence-corrected chi connectivity index (χ1v) is 8.13. The lowest BCUT2D eigenvalue weighted by Crippen LogP contribution is -2.33. The standard InChI is InChI=1S/C11H18N4O4S/c1-7(2)8-9(15(16)17)10(12)14(13-8)11(3)4-5-20(18,19)6-11/h7H,4-6,12H2,1-3H3. The number of nitrogens with zero attached hydrogens (tertiary/aromatic N) is 3. The van der Waals surface area contributed by atoms with Crippen molar-refractivity contribution in [3.63, 3.8) is 0 Å². The molecule has 0 aliphatic carbocycles. The number of nitrogens with two attached hydrogens (primary N) is 1. The van der Waals surface area contributed by atoms with E-state index in [1.807, 2.05) is 0 Å².